The minimum atomic E-state index is -0.280. The van der Waals surface area contributed by atoms with Crippen LogP contribution in [-0.2, 0) is 0 Å². The number of hydrogen-bond acceptors (Lipinski definition) is 2. The van der Waals surface area contributed by atoms with Crippen molar-refractivity contribution in [3.63, 3.8) is 0 Å². The summed E-state index contributed by atoms with van der Waals surface area (Å²) in [7, 11) is 2.10. The van der Waals surface area contributed by atoms with Crippen LogP contribution in [0.5, 0.6) is 0 Å². The zero-order valence-corrected chi connectivity index (χ0v) is 9.47. The van der Waals surface area contributed by atoms with Crippen molar-refractivity contribution >= 4 is 17.3 Å². The van der Waals surface area contributed by atoms with Crippen LogP contribution in [0.1, 0.15) is 0 Å². The minimum absolute atomic E-state index is 0.280. The Morgan fingerprint density at radius 2 is 1.87 bits per heavy atom. The molecular formula is C11H14ClFN2. The van der Waals surface area contributed by atoms with Gasteiger partial charge in [0.1, 0.15) is 5.82 Å². The molecule has 1 aliphatic rings. The summed E-state index contributed by atoms with van der Waals surface area (Å²) in [6.07, 6.45) is 0. The van der Waals surface area contributed by atoms with Crippen molar-refractivity contribution in [3.05, 3.63) is 29.0 Å². The first kappa shape index (κ1) is 10.7. The number of rotatable bonds is 1. The Bertz CT molecular complexity index is 348. The fourth-order valence-corrected chi connectivity index (χ4v) is 2.07. The Morgan fingerprint density at radius 1 is 1.20 bits per heavy atom. The van der Waals surface area contributed by atoms with Gasteiger partial charge in [-0.2, -0.15) is 0 Å². The second-order valence-corrected chi connectivity index (χ2v) is 4.29. The monoisotopic (exact) mass is 228 g/mol. The highest BCUT2D eigenvalue weighted by molar-refractivity contribution is 6.33. The lowest BCUT2D eigenvalue weighted by Crippen LogP contribution is -2.44. The summed E-state index contributed by atoms with van der Waals surface area (Å²) >= 11 is 6.00. The number of likely N-dealkylation sites (N-methyl/N-ethyl adjacent to an activating group) is 1. The fourth-order valence-electron chi connectivity index (χ4n) is 1.79. The lowest BCUT2D eigenvalue weighted by atomic mass is 10.2. The predicted octanol–water partition coefficient (Wildman–Crippen LogP) is 2.23. The predicted molar refractivity (Wildman–Crippen MR) is 61.1 cm³/mol. The Hall–Kier alpha value is -0.800. The molecule has 1 aromatic carbocycles. The molecule has 4 heteroatoms. The Morgan fingerprint density at radius 3 is 2.47 bits per heavy atom. The molecule has 0 atom stereocenters. The normalized spacial score (nSPS) is 18.2. The van der Waals surface area contributed by atoms with Crippen LogP contribution in [-0.4, -0.2) is 38.1 Å². The van der Waals surface area contributed by atoms with Crippen LogP contribution >= 0.6 is 11.6 Å². The van der Waals surface area contributed by atoms with Crippen molar-refractivity contribution in [2.45, 2.75) is 0 Å². The zero-order chi connectivity index (χ0) is 10.8. The zero-order valence-electron chi connectivity index (χ0n) is 8.71. The van der Waals surface area contributed by atoms with E-state index in [0.29, 0.717) is 5.02 Å². The number of hydrogen-bond donors (Lipinski definition) is 0. The first-order chi connectivity index (χ1) is 7.16. The Kier molecular flexibility index (Phi) is 3.12. The molecular weight excluding hydrogens is 215 g/mol. The Balaban J connectivity index is 2.15. The van der Waals surface area contributed by atoms with Gasteiger partial charge >= 0.3 is 0 Å². The fraction of sp³-hybridized carbons (Fsp3) is 0.455. The minimum Gasteiger partial charge on any atom is -0.368 e. The van der Waals surface area contributed by atoms with Gasteiger partial charge in [-0.15, -0.1) is 0 Å². The highest BCUT2D eigenvalue weighted by Crippen LogP contribution is 2.27. The molecule has 0 unspecified atom stereocenters. The quantitative estimate of drug-likeness (QED) is 0.728. The first-order valence-electron chi connectivity index (χ1n) is 5.05. The van der Waals surface area contributed by atoms with Gasteiger partial charge in [0.05, 0.1) is 10.7 Å². The highest BCUT2D eigenvalue weighted by atomic mass is 35.5. The number of halogens is 2. The van der Waals surface area contributed by atoms with E-state index in [1.54, 1.807) is 6.07 Å². The molecule has 0 aliphatic carbocycles. The lowest BCUT2D eigenvalue weighted by Gasteiger charge is -2.34. The summed E-state index contributed by atoms with van der Waals surface area (Å²) in [5, 5.41) is 0.500. The van der Waals surface area contributed by atoms with Crippen LogP contribution in [0.25, 0.3) is 0 Å². The van der Waals surface area contributed by atoms with Gasteiger partial charge in [-0.25, -0.2) is 4.39 Å². The molecule has 0 aromatic heterocycles. The number of anilines is 1. The molecule has 82 valence electrons. The molecule has 1 fully saturated rings. The third-order valence-electron chi connectivity index (χ3n) is 2.75. The Labute approximate surface area is 94.2 Å². The average molecular weight is 229 g/mol. The van der Waals surface area contributed by atoms with E-state index in [9.17, 15) is 4.39 Å². The van der Waals surface area contributed by atoms with Gasteiger partial charge in [-0.3, -0.25) is 0 Å². The van der Waals surface area contributed by atoms with Gasteiger partial charge in [0.2, 0.25) is 0 Å². The van der Waals surface area contributed by atoms with E-state index in [4.69, 9.17) is 11.6 Å². The summed E-state index contributed by atoms with van der Waals surface area (Å²) in [5.74, 6) is -0.280. The van der Waals surface area contributed by atoms with E-state index < -0.39 is 0 Å². The number of nitrogens with zero attached hydrogens (tertiary/aromatic N) is 2. The molecule has 1 aliphatic heterocycles. The molecule has 15 heavy (non-hydrogen) atoms. The first-order valence-corrected chi connectivity index (χ1v) is 5.43. The SMILES string of the molecule is CN1CCN(c2ccc(F)cc2Cl)CC1. The summed E-state index contributed by atoms with van der Waals surface area (Å²) in [6, 6.07) is 4.58. The molecule has 2 rings (SSSR count). The largest absolute Gasteiger partial charge is 0.368 e. The second-order valence-electron chi connectivity index (χ2n) is 3.89. The maximum absolute atomic E-state index is 12.9. The van der Waals surface area contributed by atoms with E-state index in [0.717, 1.165) is 31.9 Å². The van der Waals surface area contributed by atoms with Crippen molar-refractivity contribution in [2.24, 2.45) is 0 Å². The van der Waals surface area contributed by atoms with E-state index in [1.807, 2.05) is 0 Å². The van der Waals surface area contributed by atoms with Gasteiger partial charge in [0.15, 0.2) is 0 Å². The number of piperazine rings is 1. The maximum Gasteiger partial charge on any atom is 0.124 e. The molecule has 0 N–H and O–H groups in total. The second kappa shape index (κ2) is 4.37. The standard InChI is InChI=1S/C11H14ClFN2/c1-14-4-6-15(7-5-14)11-3-2-9(13)8-10(11)12/h2-3,8H,4-7H2,1H3. The molecule has 0 radical (unpaired) electrons. The van der Waals surface area contributed by atoms with Crippen molar-refractivity contribution < 1.29 is 4.39 Å². The number of benzene rings is 1. The summed E-state index contributed by atoms with van der Waals surface area (Å²) < 4.78 is 12.9. The lowest BCUT2D eigenvalue weighted by molar-refractivity contribution is 0.313. The van der Waals surface area contributed by atoms with Crippen LogP contribution in [0.2, 0.25) is 5.02 Å². The van der Waals surface area contributed by atoms with E-state index in [1.165, 1.54) is 12.1 Å². The molecule has 0 saturated carbocycles. The summed E-state index contributed by atoms with van der Waals surface area (Å²) in [6.45, 7) is 3.94. The summed E-state index contributed by atoms with van der Waals surface area (Å²) in [5.41, 5.74) is 0.936. The third kappa shape index (κ3) is 2.41. The molecule has 0 bridgehead atoms. The van der Waals surface area contributed by atoms with Crippen LogP contribution in [0.3, 0.4) is 0 Å². The van der Waals surface area contributed by atoms with Crippen molar-refractivity contribution in [1.82, 2.24) is 4.90 Å². The van der Waals surface area contributed by atoms with Crippen LogP contribution in [0, 0.1) is 5.82 Å². The van der Waals surface area contributed by atoms with Crippen LogP contribution < -0.4 is 4.90 Å². The van der Waals surface area contributed by atoms with E-state index >= 15 is 0 Å². The van der Waals surface area contributed by atoms with E-state index in [2.05, 4.69) is 16.8 Å². The maximum atomic E-state index is 12.9. The van der Waals surface area contributed by atoms with Gasteiger partial charge in [0, 0.05) is 26.2 Å². The van der Waals surface area contributed by atoms with E-state index in [-0.39, 0.29) is 5.82 Å². The molecule has 1 aromatic rings. The molecule has 0 spiro atoms. The highest BCUT2D eigenvalue weighted by Gasteiger charge is 2.16. The third-order valence-corrected chi connectivity index (χ3v) is 3.06. The average Bonchev–Trinajstić information content (AvgIpc) is 2.20. The van der Waals surface area contributed by atoms with Gasteiger partial charge in [-0.05, 0) is 25.2 Å². The van der Waals surface area contributed by atoms with Crippen molar-refractivity contribution in [2.75, 3.05) is 38.1 Å². The van der Waals surface area contributed by atoms with Gasteiger partial charge < -0.3 is 9.80 Å². The van der Waals surface area contributed by atoms with Crippen LogP contribution in [0.4, 0.5) is 10.1 Å². The van der Waals surface area contributed by atoms with Gasteiger partial charge in [0.25, 0.3) is 0 Å². The van der Waals surface area contributed by atoms with Crippen molar-refractivity contribution in [1.29, 1.82) is 0 Å². The molecule has 2 nitrogen and oxygen atoms in total. The van der Waals surface area contributed by atoms with Crippen molar-refractivity contribution in [3.8, 4) is 0 Å². The summed E-state index contributed by atoms with van der Waals surface area (Å²) in [4.78, 5) is 4.47. The molecule has 1 heterocycles. The van der Waals surface area contributed by atoms with Gasteiger partial charge in [-0.1, -0.05) is 11.6 Å². The molecule has 1 saturated heterocycles. The smallest absolute Gasteiger partial charge is 0.124 e. The van der Waals surface area contributed by atoms with Crippen LogP contribution in [0.15, 0.2) is 18.2 Å². The topological polar surface area (TPSA) is 6.48 Å². The molecule has 0 amide bonds.